The van der Waals surface area contributed by atoms with E-state index in [0.29, 0.717) is 33.1 Å². The number of ether oxygens (including phenoxy) is 1. The van der Waals surface area contributed by atoms with E-state index in [0.717, 1.165) is 11.1 Å². The van der Waals surface area contributed by atoms with E-state index in [9.17, 15) is 9.59 Å². The number of nitrogens with zero attached hydrogens (tertiary/aromatic N) is 1. The van der Waals surface area contributed by atoms with Crippen LogP contribution in [0.2, 0.25) is 15.1 Å². The van der Waals surface area contributed by atoms with Crippen molar-refractivity contribution in [2.24, 2.45) is 5.10 Å². The highest BCUT2D eigenvalue weighted by Gasteiger charge is 2.07. The van der Waals surface area contributed by atoms with Gasteiger partial charge in [0.15, 0.2) is 0 Å². The van der Waals surface area contributed by atoms with Crippen LogP contribution in [0.4, 0.5) is 5.69 Å². The van der Waals surface area contributed by atoms with Gasteiger partial charge in [0.05, 0.1) is 6.21 Å². The summed E-state index contributed by atoms with van der Waals surface area (Å²) in [4.78, 5) is 23.8. The van der Waals surface area contributed by atoms with Crippen molar-refractivity contribution < 1.29 is 14.3 Å². The molecular weight excluding hydrogens is 485 g/mol. The number of benzene rings is 3. The van der Waals surface area contributed by atoms with E-state index < -0.39 is 0 Å². The fourth-order valence-electron chi connectivity index (χ4n) is 2.70. The lowest BCUT2D eigenvalue weighted by Gasteiger charge is -2.08. The van der Waals surface area contributed by atoms with Crippen LogP contribution in [0, 0.1) is 0 Å². The summed E-state index contributed by atoms with van der Waals surface area (Å²) in [5, 5.41) is 8.23. The molecule has 9 heteroatoms. The highest BCUT2D eigenvalue weighted by molar-refractivity contribution is 6.35. The summed E-state index contributed by atoms with van der Waals surface area (Å²) < 4.78 is 5.73. The van der Waals surface area contributed by atoms with E-state index in [1.807, 2.05) is 6.07 Å². The van der Waals surface area contributed by atoms with Gasteiger partial charge in [0, 0.05) is 39.2 Å². The predicted molar refractivity (Wildman–Crippen MR) is 132 cm³/mol. The zero-order valence-corrected chi connectivity index (χ0v) is 19.6. The van der Waals surface area contributed by atoms with Gasteiger partial charge in [0.2, 0.25) is 11.8 Å². The van der Waals surface area contributed by atoms with Gasteiger partial charge in [-0.25, -0.2) is 5.43 Å². The van der Waals surface area contributed by atoms with E-state index in [1.54, 1.807) is 60.7 Å². The molecule has 0 atom stereocenters. The van der Waals surface area contributed by atoms with Gasteiger partial charge in [-0.3, -0.25) is 9.59 Å². The van der Waals surface area contributed by atoms with Gasteiger partial charge in [-0.05, 0) is 60.2 Å². The normalized spacial score (nSPS) is 10.8. The number of carbonyl (C=O) groups excluding carboxylic acids is 2. The van der Waals surface area contributed by atoms with Crippen LogP contribution in [0.15, 0.2) is 71.8 Å². The van der Waals surface area contributed by atoms with Gasteiger partial charge in [-0.2, -0.15) is 5.10 Å². The number of halogens is 3. The molecule has 0 aliphatic rings. The number of hydrazone groups is 1. The molecule has 0 spiro atoms. The molecular formula is C24H20Cl3N3O3. The Hall–Kier alpha value is -3.06. The number of anilines is 1. The number of carbonyl (C=O) groups is 2. The zero-order chi connectivity index (χ0) is 23.6. The summed E-state index contributed by atoms with van der Waals surface area (Å²) >= 11 is 17.9. The zero-order valence-electron chi connectivity index (χ0n) is 17.4. The van der Waals surface area contributed by atoms with Crippen LogP contribution in [0.3, 0.4) is 0 Å². The lowest BCUT2D eigenvalue weighted by atomic mass is 10.2. The molecule has 0 saturated heterocycles. The fourth-order valence-corrected chi connectivity index (χ4v) is 3.35. The number of amides is 2. The van der Waals surface area contributed by atoms with Crippen molar-refractivity contribution in [2.75, 3.05) is 5.32 Å². The van der Waals surface area contributed by atoms with Crippen molar-refractivity contribution in [3.8, 4) is 5.75 Å². The largest absolute Gasteiger partial charge is 0.489 e. The van der Waals surface area contributed by atoms with Gasteiger partial charge >= 0.3 is 0 Å². The number of nitrogens with one attached hydrogen (secondary N) is 2. The first kappa shape index (κ1) is 24.6. The molecule has 3 aromatic rings. The molecule has 0 heterocycles. The van der Waals surface area contributed by atoms with Gasteiger partial charge < -0.3 is 10.1 Å². The standard InChI is InChI=1S/C24H20Cl3N3O3/c25-18-2-1-3-20(12-18)29-23(31)10-11-24(32)30-28-14-16-4-8-21(9-5-16)33-15-17-6-7-19(26)13-22(17)27/h1-9,12-14H,10-11,15H2,(H,29,31)(H,30,32). The highest BCUT2D eigenvalue weighted by atomic mass is 35.5. The van der Waals surface area contributed by atoms with Crippen molar-refractivity contribution >= 4 is 58.5 Å². The molecule has 2 N–H and O–H groups in total. The third-order valence-electron chi connectivity index (χ3n) is 4.38. The summed E-state index contributed by atoms with van der Waals surface area (Å²) in [6, 6.07) is 19.2. The Kier molecular flexibility index (Phi) is 9.13. The number of hydrogen-bond donors (Lipinski definition) is 2. The quantitative estimate of drug-likeness (QED) is 0.273. The molecule has 6 nitrogen and oxygen atoms in total. The van der Waals surface area contributed by atoms with Crippen LogP contribution in [0.5, 0.6) is 5.75 Å². The molecule has 0 saturated carbocycles. The summed E-state index contributed by atoms with van der Waals surface area (Å²) in [5.41, 5.74) is 4.58. The minimum atomic E-state index is -0.368. The van der Waals surface area contributed by atoms with Gasteiger partial charge in [-0.1, -0.05) is 46.9 Å². The lowest BCUT2D eigenvalue weighted by molar-refractivity contribution is -0.124. The predicted octanol–water partition coefficient (Wildman–Crippen LogP) is 6.09. The van der Waals surface area contributed by atoms with E-state index >= 15 is 0 Å². The van der Waals surface area contributed by atoms with Crippen molar-refractivity contribution in [3.05, 3.63) is 92.9 Å². The number of hydrogen-bond acceptors (Lipinski definition) is 4. The van der Waals surface area contributed by atoms with Gasteiger partial charge in [0.1, 0.15) is 12.4 Å². The van der Waals surface area contributed by atoms with Crippen LogP contribution in [-0.2, 0) is 16.2 Å². The molecule has 0 radical (unpaired) electrons. The summed E-state index contributed by atoms with van der Waals surface area (Å²) in [6.45, 7) is 0.310. The van der Waals surface area contributed by atoms with E-state index in [4.69, 9.17) is 39.5 Å². The van der Waals surface area contributed by atoms with E-state index in [2.05, 4.69) is 15.8 Å². The minimum absolute atomic E-state index is 0.00374. The van der Waals surface area contributed by atoms with E-state index in [1.165, 1.54) is 6.21 Å². The van der Waals surface area contributed by atoms with Crippen molar-refractivity contribution in [3.63, 3.8) is 0 Å². The summed E-state index contributed by atoms with van der Waals surface area (Å²) in [7, 11) is 0. The second-order valence-corrected chi connectivity index (χ2v) is 8.23. The van der Waals surface area contributed by atoms with Gasteiger partial charge in [0.25, 0.3) is 0 Å². The topological polar surface area (TPSA) is 79.8 Å². The summed E-state index contributed by atoms with van der Waals surface area (Å²) in [5.74, 6) is 0.00656. The van der Waals surface area contributed by atoms with Crippen LogP contribution in [0.1, 0.15) is 24.0 Å². The maximum Gasteiger partial charge on any atom is 0.240 e. The van der Waals surface area contributed by atoms with Crippen molar-refractivity contribution in [1.82, 2.24) is 5.43 Å². The SMILES string of the molecule is O=C(CCC(=O)Nc1cccc(Cl)c1)NN=Cc1ccc(OCc2ccc(Cl)cc2Cl)cc1. The Balaban J connectivity index is 1.39. The van der Waals surface area contributed by atoms with Crippen molar-refractivity contribution in [2.45, 2.75) is 19.4 Å². The monoisotopic (exact) mass is 503 g/mol. The average Bonchev–Trinajstić information content (AvgIpc) is 2.78. The van der Waals surface area contributed by atoms with Crippen LogP contribution in [-0.4, -0.2) is 18.0 Å². The summed E-state index contributed by atoms with van der Waals surface area (Å²) in [6.07, 6.45) is 1.53. The first-order chi connectivity index (χ1) is 15.9. The Bertz CT molecular complexity index is 1150. The molecule has 0 aliphatic heterocycles. The minimum Gasteiger partial charge on any atom is -0.489 e. The molecule has 0 unspecified atom stereocenters. The van der Waals surface area contributed by atoms with E-state index in [-0.39, 0.29) is 24.7 Å². The third kappa shape index (κ3) is 8.42. The molecule has 0 aromatic heterocycles. The number of rotatable bonds is 9. The Morgan fingerprint density at radius 2 is 1.61 bits per heavy atom. The second-order valence-electron chi connectivity index (χ2n) is 6.95. The smallest absolute Gasteiger partial charge is 0.240 e. The highest BCUT2D eigenvalue weighted by Crippen LogP contribution is 2.23. The van der Waals surface area contributed by atoms with Crippen molar-refractivity contribution in [1.29, 1.82) is 0 Å². The molecule has 0 aliphatic carbocycles. The molecule has 3 rings (SSSR count). The maximum atomic E-state index is 11.9. The Labute approximate surface area is 206 Å². The Morgan fingerprint density at radius 1 is 0.879 bits per heavy atom. The molecule has 33 heavy (non-hydrogen) atoms. The van der Waals surface area contributed by atoms with Crippen LogP contribution >= 0.6 is 34.8 Å². The fraction of sp³-hybridized carbons (Fsp3) is 0.125. The first-order valence-corrected chi connectivity index (χ1v) is 11.1. The Morgan fingerprint density at radius 3 is 2.33 bits per heavy atom. The molecule has 2 amide bonds. The van der Waals surface area contributed by atoms with Gasteiger partial charge in [-0.15, -0.1) is 0 Å². The van der Waals surface area contributed by atoms with Crippen LogP contribution in [0.25, 0.3) is 0 Å². The molecule has 0 fully saturated rings. The lowest BCUT2D eigenvalue weighted by Crippen LogP contribution is -2.20. The third-order valence-corrected chi connectivity index (χ3v) is 5.20. The van der Waals surface area contributed by atoms with Crippen LogP contribution < -0.4 is 15.5 Å². The first-order valence-electron chi connectivity index (χ1n) is 9.93. The molecule has 0 bridgehead atoms. The molecule has 170 valence electrons. The molecule has 3 aromatic carbocycles. The second kappa shape index (κ2) is 12.3. The average molecular weight is 505 g/mol. The maximum absolute atomic E-state index is 11.9.